The number of hydrogen-bond acceptors (Lipinski definition) is 6. The highest BCUT2D eigenvalue weighted by Gasteiger charge is 2.13. The van der Waals surface area contributed by atoms with E-state index in [0.717, 1.165) is 12.3 Å². The van der Waals surface area contributed by atoms with Crippen molar-refractivity contribution in [1.82, 2.24) is 15.0 Å². The van der Waals surface area contributed by atoms with Crippen LogP contribution in [0, 0.1) is 12.7 Å². The molecule has 1 N–H and O–H groups in total. The molecular formula is C20H17ClFN5O2. The molecule has 0 atom stereocenters. The molecule has 0 spiro atoms. The first-order valence-electron chi connectivity index (χ1n) is 8.72. The summed E-state index contributed by atoms with van der Waals surface area (Å²) in [5.41, 5.74) is 1.90. The Hall–Kier alpha value is -3.39. The van der Waals surface area contributed by atoms with Gasteiger partial charge in [-0.2, -0.15) is 0 Å². The Labute approximate surface area is 171 Å². The second-order valence-electron chi connectivity index (χ2n) is 5.95. The molecule has 9 heteroatoms. The normalized spacial score (nSPS) is 11.2. The molecule has 0 bridgehead atoms. The van der Waals surface area contributed by atoms with Crippen molar-refractivity contribution in [1.29, 1.82) is 0 Å². The van der Waals surface area contributed by atoms with E-state index in [-0.39, 0.29) is 11.4 Å². The van der Waals surface area contributed by atoms with Crippen molar-refractivity contribution in [3.05, 3.63) is 76.6 Å². The highest BCUT2D eigenvalue weighted by molar-refractivity contribution is 6.31. The largest absolute Gasteiger partial charge is 0.335 e. The van der Waals surface area contributed by atoms with Gasteiger partial charge in [0.25, 0.3) is 11.8 Å². The summed E-state index contributed by atoms with van der Waals surface area (Å²) < 4.78 is 13.4. The standard InChI is InChI=1S/C20H17ClFN5O2/c1-3-17(27-29-20-16(21)5-4-8-23-20)13-6-7-18(25-10-13)26-19(28)15-9-14(22)11-24-12(15)2/h4-11H,3H2,1-2H3,(H,25,26,28). The molecule has 0 unspecified atom stereocenters. The number of pyridine rings is 3. The third-order valence-electron chi connectivity index (χ3n) is 3.94. The smallest absolute Gasteiger partial charge is 0.267 e. The van der Waals surface area contributed by atoms with Gasteiger partial charge in [-0.05, 0) is 43.7 Å². The number of anilines is 1. The van der Waals surface area contributed by atoms with E-state index in [9.17, 15) is 9.18 Å². The van der Waals surface area contributed by atoms with Crippen LogP contribution in [0.25, 0.3) is 0 Å². The lowest BCUT2D eigenvalue weighted by Crippen LogP contribution is -2.15. The number of oxime groups is 1. The highest BCUT2D eigenvalue weighted by atomic mass is 35.5. The third kappa shape index (κ3) is 5.11. The summed E-state index contributed by atoms with van der Waals surface area (Å²) in [6, 6.07) is 7.84. The van der Waals surface area contributed by atoms with Crippen molar-refractivity contribution in [3.63, 3.8) is 0 Å². The zero-order valence-corrected chi connectivity index (χ0v) is 16.4. The van der Waals surface area contributed by atoms with E-state index in [1.165, 1.54) is 0 Å². The molecule has 3 aromatic heterocycles. The summed E-state index contributed by atoms with van der Waals surface area (Å²) in [7, 11) is 0. The Kier molecular flexibility index (Phi) is 6.46. The molecule has 0 fully saturated rings. The number of carbonyl (C=O) groups is 1. The average molecular weight is 414 g/mol. The number of rotatable bonds is 6. The molecule has 0 saturated carbocycles. The van der Waals surface area contributed by atoms with Crippen LogP contribution in [0.2, 0.25) is 5.02 Å². The maximum atomic E-state index is 13.4. The van der Waals surface area contributed by atoms with Crippen LogP contribution in [0.5, 0.6) is 5.88 Å². The molecular weight excluding hydrogens is 397 g/mol. The second-order valence-corrected chi connectivity index (χ2v) is 6.35. The minimum Gasteiger partial charge on any atom is -0.335 e. The van der Waals surface area contributed by atoms with Gasteiger partial charge < -0.3 is 10.2 Å². The predicted molar refractivity (Wildman–Crippen MR) is 108 cm³/mol. The van der Waals surface area contributed by atoms with Crippen molar-refractivity contribution in [2.75, 3.05) is 5.32 Å². The van der Waals surface area contributed by atoms with Gasteiger partial charge in [0.1, 0.15) is 16.7 Å². The summed E-state index contributed by atoms with van der Waals surface area (Å²) in [6.45, 7) is 3.54. The van der Waals surface area contributed by atoms with Gasteiger partial charge in [-0.25, -0.2) is 14.4 Å². The molecule has 0 saturated heterocycles. The summed E-state index contributed by atoms with van der Waals surface area (Å²) in [4.78, 5) is 29.7. The van der Waals surface area contributed by atoms with Crippen LogP contribution in [-0.2, 0) is 0 Å². The first-order valence-corrected chi connectivity index (χ1v) is 9.10. The zero-order chi connectivity index (χ0) is 20.8. The Morgan fingerprint density at radius 1 is 1.24 bits per heavy atom. The number of hydrogen-bond donors (Lipinski definition) is 1. The lowest BCUT2D eigenvalue weighted by atomic mass is 10.1. The van der Waals surface area contributed by atoms with Gasteiger partial charge >= 0.3 is 0 Å². The molecule has 1 amide bonds. The first-order chi connectivity index (χ1) is 14.0. The van der Waals surface area contributed by atoms with Gasteiger partial charge in [-0.15, -0.1) is 0 Å². The van der Waals surface area contributed by atoms with Crippen LogP contribution >= 0.6 is 11.6 Å². The number of nitrogens with zero attached hydrogens (tertiary/aromatic N) is 4. The summed E-state index contributed by atoms with van der Waals surface area (Å²) in [5.74, 6) is -0.560. The molecule has 0 aliphatic rings. The van der Waals surface area contributed by atoms with Crippen molar-refractivity contribution in [3.8, 4) is 5.88 Å². The second kappa shape index (κ2) is 9.20. The molecule has 29 heavy (non-hydrogen) atoms. The molecule has 0 aliphatic heterocycles. The van der Waals surface area contributed by atoms with Gasteiger partial charge in [0.15, 0.2) is 0 Å². The highest BCUT2D eigenvalue weighted by Crippen LogP contribution is 2.20. The fraction of sp³-hybridized carbons (Fsp3) is 0.150. The van der Waals surface area contributed by atoms with E-state index in [2.05, 4.69) is 25.4 Å². The molecule has 0 aliphatic carbocycles. The Bertz CT molecular complexity index is 1060. The van der Waals surface area contributed by atoms with Gasteiger partial charge in [0.2, 0.25) is 0 Å². The predicted octanol–water partition coefficient (Wildman–Crippen LogP) is 4.42. The molecule has 0 radical (unpaired) electrons. The molecule has 3 heterocycles. The monoisotopic (exact) mass is 413 g/mol. The first kappa shape index (κ1) is 20.3. The average Bonchev–Trinajstić information content (AvgIpc) is 2.72. The van der Waals surface area contributed by atoms with Gasteiger partial charge in [0, 0.05) is 18.0 Å². The van der Waals surface area contributed by atoms with Crippen molar-refractivity contribution < 1.29 is 14.0 Å². The van der Waals surface area contributed by atoms with Crippen LogP contribution in [0.3, 0.4) is 0 Å². The summed E-state index contributed by atoms with van der Waals surface area (Å²) in [6.07, 6.45) is 4.74. The zero-order valence-electron chi connectivity index (χ0n) is 15.7. The van der Waals surface area contributed by atoms with Crippen molar-refractivity contribution in [2.24, 2.45) is 5.16 Å². The Morgan fingerprint density at radius 2 is 2.07 bits per heavy atom. The lowest BCUT2D eigenvalue weighted by molar-refractivity contribution is 0.102. The van der Waals surface area contributed by atoms with Crippen molar-refractivity contribution >= 4 is 29.0 Å². The molecule has 3 aromatic rings. The van der Waals surface area contributed by atoms with E-state index in [1.807, 2.05) is 6.92 Å². The number of amides is 1. The van der Waals surface area contributed by atoms with Gasteiger partial charge in [-0.3, -0.25) is 9.78 Å². The molecule has 148 valence electrons. The molecule has 0 aromatic carbocycles. The summed E-state index contributed by atoms with van der Waals surface area (Å²) in [5, 5.41) is 7.07. The number of carbonyl (C=O) groups excluding carboxylic acids is 1. The number of aromatic nitrogens is 3. The summed E-state index contributed by atoms with van der Waals surface area (Å²) >= 11 is 6.00. The number of aryl methyl sites for hydroxylation is 1. The van der Waals surface area contributed by atoms with Crippen molar-refractivity contribution in [2.45, 2.75) is 20.3 Å². The minimum absolute atomic E-state index is 0.146. The number of halogens is 2. The van der Waals surface area contributed by atoms with Crippen LogP contribution in [0.1, 0.15) is 35.0 Å². The Balaban J connectivity index is 1.73. The number of nitrogens with one attached hydrogen (secondary N) is 1. The topological polar surface area (TPSA) is 89.4 Å². The SMILES string of the molecule is CCC(=NOc1ncccc1Cl)c1ccc(NC(=O)c2cc(F)cnc2C)nc1. The lowest BCUT2D eigenvalue weighted by Gasteiger charge is -2.08. The van der Waals surface area contributed by atoms with Gasteiger partial charge in [0.05, 0.1) is 23.2 Å². The third-order valence-corrected chi connectivity index (χ3v) is 4.23. The van der Waals surface area contributed by atoms with Crippen LogP contribution in [0.4, 0.5) is 10.2 Å². The Morgan fingerprint density at radius 3 is 2.76 bits per heavy atom. The van der Waals surface area contributed by atoms with Crippen LogP contribution < -0.4 is 10.2 Å². The van der Waals surface area contributed by atoms with Crippen LogP contribution in [-0.4, -0.2) is 26.6 Å². The van der Waals surface area contributed by atoms with E-state index in [1.54, 1.807) is 43.6 Å². The van der Waals surface area contributed by atoms with E-state index >= 15 is 0 Å². The quantitative estimate of drug-likeness (QED) is 0.477. The van der Waals surface area contributed by atoms with Crippen LogP contribution in [0.15, 0.2) is 54.1 Å². The fourth-order valence-electron chi connectivity index (χ4n) is 2.42. The van der Waals surface area contributed by atoms with E-state index in [4.69, 9.17) is 16.4 Å². The van der Waals surface area contributed by atoms with Gasteiger partial charge in [-0.1, -0.05) is 23.7 Å². The maximum Gasteiger partial charge on any atom is 0.267 e. The van der Waals surface area contributed by atoms with E-state index in [0.29, 0.717) is 34.2 Å². The van der Waals surface area contributed by atoms with E-state index < -0.39 is 11.7 Å². The molecule has 3 rings (SSSR count). The maximum absolute atomic E-state index is 13.4. The fourth-order valence-corrected chi connectivity index (χ4v) is 2.57. The minimum atomic E-state index is -0.583. The molecule has 7 nitrogen and oxygen atoms in total.